The van der Waals surface area contributed by atoms with Crippen LogP contribution in [0.2, 0.25) is 0 Å². The summed E-state index contributed by atoms with van der Waals surface area (Å²) >= 11 is 1.83. The molecule has 0 aromatic heterocycles. The van der Waals surface area contributed by atoms with Gasteiger partial charge >= 0.3 is 0 Å². The van der Waals surface area contributed by atoms with Crippen molar-refractivity contribution in [1.29, 1.82) is 0 Å². The van der Waals surface area contributed by atoms with Crippen LogP contribution >= 0.6 is 11.8 Å². The fourth-order valence-electron chi connectivity index (χ4n) is 2.42. The maximum Gasteiger partial charge on any atom is 0.259 e. The predicted octanol–water partition coefficient (Wildman–Crippen LogP) is 1.03. The molecule has 0 saturated carbocycles. The Morgan fingerprint density at radius 3 is 2.36 bits per heavy atom. The third kappa shape index (κ3) is 10.5. The third-order valence-corrected chi connectivity index (χ3v) is 4.70. The molecule has 0 heterocycles. The molecule has 0 spiro atoms. The van der Waals surface area contributed by atoms with Crippen LogP contribution in [-0.2, 0) is 14.4 Å². The highest BCUT2D eigenvalue weighted by molar-refractivity contribution is 7.98. The molecule has 0 bridgehead atoms. The number of amides is 2. The highest BCUT2D eigenvalue weighted by atomic mass is 32.2. The molecular formula is C17H34N4O3S. The molecule has 146 valence electrons. The normalized spacial score (nSPS) is 11.9. The van der Waals surface area contributed by atoms with E-state index >= 15 is 0 Å². The molecule has 2 amide bonds. The van der Waals surface area contributed by atoms with Gasteiger partial charge in [-0.3, -0.25) is 19.4 Å². The average Bonchev–Trinajstić information content (AvgIpc) is 2.58. The van der Waals surface area contributed by atoms with E-state index in [1.807, 2.05) is 11.8 Å². The largest absolute Gasteiger partial charge is 0.333 e. The molecule has 0 radical (unpaired) electrons. The fourth-order valence-corrected chi connectivity index (χ4v) is 2.92. The van der Waals surface area contributed by atoms with Crippen molar-refractivity contribution in [3.63, 3.8) is 0 Å². The van der Waals surface area contributed by atoms with Crippen LogP contribution in [-0.4, -0.2) is 72.7 Å². The second-order valence-electron chi connectivity index (χ2n) is 6.22. The standard InChI is InChI=1S/C17H34N4O3S/c1-14(22)13-15(17(24)21(18)11-10-19-2)20(3)16(23)9-7-5-6-8-12-25-4/h15,19H,5-13,18H2,1-4H3. The van der Waals surface area contributed by atoms with Crippen molar-refractivity contribution in [2.24, 2.45) is 5.84 Å². The van der Waals surface area contributed by atoms with E-state index in [0.717, 1.165) is 36.4 Å². The van der Waals surface area contributed by atoms with Crippen molar-refractivity contribution >= 4 is 29.4 Å². The van der Waals surface area contributed by atoms with E-state index in [1.165, 1.54) is 11.8 Å². The Kier molecular flexibility index (Phi) is 13.5. The second kappa shape index (κ2) is 14.1. The van der Waals surface area contributed by atoms with Crippen LogP contribution in [0.5, 0.6) is 0 Å². The van der Waals surface area contributed by atoms with Gasteiger partial charge < -0.3 is 10.2 Å². The van der Waals surface area contributed by atoms with Crippen molar-refractivity contribution < 1.29 is 14.4 Å². The van der Waals surface area contributed by atoms with Crippen LogP contribution in [0.4, 0.5) is 0 Å². The number of carbonyl (C=O) groups is 3. The predicted molar refractivity (Wildman–Crippen MR) is 103 cm³/mol. The van der Waals surface area contributed by atoms with E-state index in [9.17, 15) is 14.4 Å². The average molecular weight is 375 g/mol. The molecule has 0 saturated heterocycles. The summed E-state index contributed by atoms with van der Waals surface area (Å²) in [5.74, 6) is 6.26. The number of nitrogens with two attached hydrogens (primary N) is 1. The summed E-state index contributed by atoms with van der Waals surface area (Å²) in [6.45, 7) is 2.28. The van der Waals surface area contributed by atoms with Crippen LogP contribution in [0.1, 0.15) is 45.4 Å². The Morgan fingerprint density at radius 1 is 1.16 bits per heavy atom. The number of nitrogens with zero attached hydrogens (tertiary/aromatic N) is 2. The third-order valence-electron chi connectivity index (χ3n) is 4.00. The number of hydrogen-bond donors (Lipinski definition) is 2. The zero-order valence-corrected chi connectivity index (χ0v) is 16.9. The smallest absolute Gasteiger partial charge is 0.259 e. The first-order chi connectivity index (χ1) is 11.8. The molecule has 1 unspecified atom stereocenters. The van der Waals surface area contributed by atoms with Gasteiger partial charge in [0.2, 0.25) is 5.91 Å². The molecule has 0 fully saturated rings. The van der Waals surface area contributed by atoms with Crippen LogP contribution in [0.15, 0.2) is 0 Å². The molecule has 1 atom stereocenters. The summed E-state index contributed by atoms with van der Waals surface area (Å²) in [4.78, 5) is 37.8. The zero-order chi connectivity index (χ0) is 19.2. The molecular weight excluding hydrogens is 340 g/mol. The van der Waals surface area contributed by atoms with Crippen LogP contribution in [0.25, 0.3) is 0 Å². The number of Topliss-reactive ketones (excluding diaryl/α,β-unsaturated/α-hetero) is 1. The summed E-state index contributed by atoms with van der Waals surface area (Å²) < 4.78 is 0. The van der Waals surface area contributed by atoms with Crippen LogP contribution in [0.3, 0.4) is 0 Å². The molecule has 8 heteroatoms. The van der Waals surface area contributed by atoms with E-state index in [-0.39, 0.29) is 18.1 Å². The Labute approximate surface area is 156 Å². The van der Waals surface area contributed by atoms with E-state index < -0.39 is 11.9 Å². The molecule has 0 aliphatic heterocycles. The Bertz CT molecular complexity index is 421. The van der Waals surface area contributed by atoms with Gasteiger partial charge in [-0.2, -0.15) is 11.8 Å². The first-order valence-electron chi connectivity index (χ1n) is 8.79. The van der Waals surface area contributed by atoms with Gasteiger partial charge in [0.05, 0.1) is 0 Å². The van der Waals surface area contributed by atoms with Gasteiger partial charge in [-0.25, -0.2) is 5.84 Å². The molecule has 0 aromatic carbocycles. The van der Waals surface area contributed by atoms with Crippen molar-refractivity contribution in [2.75, 3.05) is 39.2 Å². The topological polar surface area (TPSA) is 95.7 Å². The second-order valence-corrected chi connectivity index (χ2v) is 7.20. The maximum atomic E-state index is 12.5. The molecule has 7 nitrogen and oxygen atoms in total. The lowest BCUT2D eigenvalue weighted by Gasteiger charge is -2.30. The molecule has 3 N–H and O–H groups in total. The van der Waals surface area contributed by atoms with Gasteiger partial charge in [0.1, 0.15) is 11.8 Å². The lowest BCUT2D eigenvalue weighted by atomic mass is 10.1. The lowest BCUT2D eigenvalue weighted by Crippen LogP contribution is -2.53. The van der Waals surface area contributed by atoms with Gasteiger partial charge in [0.25, 0.3) is 5.91 Å². The number of nitrogens with one attached hydrogen (secondary N) is 1. The Balaban J connectivity index is 4.60. The quantitative estimate of drug-likeness (QED) is 0.204. The minimum Gasteiger partial charge on any atom is -0.333 e. The number of ketones is 1. The Hall–Kier alpha value is -1.12. The SMILES string of the molecule is CNCCN(N)C(=O)C(CC(C)=O)N(C)C(=O)CCCCCCSC. The van der Waals surface area contributed by atoms with Crippen molar-refractivity contribution in [3.05, 3.63) is 0 Å². The molecule has 0 aromatic rings. The molecule has 0 aliphatic carbocycles. The van der Waals surface area contributed by atoms with Crippen LogP contribution in [0, 0.1) is 0 Å². The number of carbonyl (C=O) groups excluding carboxylic acids is 3. The van der Waals surface area contributed by atoms with Gasteiger partial charge in [0.15, 0.2) is 0 Å². The number of likely N-dealkylation sites (N-methyl/N-ethyl adjacent to an activating group) is 2. The highest BCUT2D eigenvalue weighted by Crippen LogP contribution is 2.12. The molecule has 0 aliphatic rings. The summed E-state index contributed by atoms with van der Waals surface area (Å²) in [5, 5.41) is 3.99. The number of rotatable bonds is 14. The van der Waals surface area contributed by atoms with Gasteiger partial charge in [-0.05, 0) is 38.8 Å². The van der Waals surface area contributed by atoms with E-state index in [0.29, 0.717) is 19.5 Å². The minimum absolute atomic E-state index is 0.0119. The fraction of sp³-hybridized carbons (Fsp3) is 0.824. The number of thioether (sulfide) groups is 1. The Morgan fingerprint density at radius 2 is 1.80 bits per heavy atom. The molecule has 25 heavy (non-hydrogen) atoms. The maximum absolute atomic E-state index is 12.5. The molecule has 0 rings (SSSR count). The number of hydrazine groups is 1. The zero-order valence-electron chi connectivity index (χ0n) is 16.0. The van der Waals surface area contributed by atoms with Gasteiger partial charge in [-0.1, -0.05) is 12.8 Å². The van der Waals surface area contributed by atoms with Crippen LogP contribution < -0.4 is 11.2 Å². The van der Waals surface area contributed by atoms with E-state index in [1.54, 1.807) is 14.1 Å². The van der Waals surface area contributed by atoms with E-state index in [2.05, 4.69) is 11.6 Å². The van der Waals surface area contributed by atoms with E-state index in [4.69, 9.17) is 5.84 Å². The summed E-state index contributed by atoms with van der Waals surface area (Å²) in [6, 6.07) is -0.830. The van der Waals surface area contributed by atoms with Gasteiger partial charge in [0, 0.05) is 33.0 Å². The lowest BCUT2D eigenvalue weighted by molar-refractivity contribution is -0.146. The highest BCUT2D eigenvalue weighted by Gasteiger charge is 2.30. The minimum atomic E-state index is -0.830. The number of hydrogen-bond acceptors (Lipinski definition) is 6. The first kappa shape index (κ1) is 23.9. The summed E-state index contributed by atoms with van der Waals surface area (Å²) in [5.41, 5.74) is 0. The van der Waals surface area contributed by atoms with Crippen molar-refractivity contribution in [3.8, 4) is 0 Å². The summed E-state index contributed by atoms with van der Waals surface area (Å²) in [7, 11) is 3.34. The van der Waals surface area contributed by atoms with Crippen molar-refractivity contribution in [1.82, 2.24) is 15.2 Å². The van der Waals surface area contributed by atoms with Gasteiger partial charge in [-0.15, -0.1) is 0 Å². The van der Waals surface area contributed by atoms with Crippen molar-refractivity contribution in [2.45, 2.75) is 51.5 Å². The number of unbranched alkanes of at least 4 members (excludes halogenated alkanes) is 3. The summed E-state index contributed by atoms with van der Waals surface area (Å²) in [6.07, 6.45) is 6.52. The monoisotopic (exact) mass is 374 g/mol. The first-order valence-corrected chi connectivity index (χ1v) is 10.2.